The van der Waals surface area contributed by atoms with Gasteiger partial charge < -0.3 is 19.4 Å². The van der Waals surface area contributed by atoms with Crippen molar-refractivity contribution in [2.45, 2.75) is 58.2 Å². The predicted octanol–water partition coefficient (Wildman–Crippen LogP) is 4.13. The van der Waals surface area contributed by atoms with E-state index in [0.29, 0.717) is 18.9 Å². The van der Waals surface area contributed by atoms with E-state index in [1.165, 1.54) is 0 Å². The molecule has 1 aliphatic heterocycles. The van der Waals surface area contributed by atoms with Crippen LogP contribution in [0.1, 0.15) is 32.8 Å². The average molecular weight is 388 g/mol. The minimum atomic E-state index is -0.433. The summed E-state index contributed by atoms with van der Waals surface area (Å²) >= 11 is 0. The largest absolute Gasteiger partial charge is 0.394 e. The maximum absolute atomic E-state index is 9.56. The molecule has 0 saturated carbocycles. The maximum atomic E-state index is 9.56. The summed E-state index contributed by atoms with van der Waals surface area (Å²) in [7, 11) is 0. The lowest BCUT2D eigenvalue weighted by atomic mass is 9.95. The third kappa shape index (κ3) is 6.89. The van der Waals surface area contributed by atoms with Crippen LogP contribution in [0, 0.1) is 11.8 Å². The lowest BCUT2D eigenvalue weighted by Gasteiger charge is -2.29. The van der Waals surface area contributed by atoms with Gasteiger partial charge >= 0.3 is 0 Å². The van der Waals surface area contributed by atoms with Crippen LogP contribution in [0.25, 0.3) is 0 Å². The van der Waals surface area contributed by atoms with Gasteiger partial charge in [0.15, 0.2) is 6.10 Å². The second-order valence-electron chi connectivity index (χ2n) is 7.49. The molecule has 2 rings (SSSR count). The standard InChI is InChI=1S/C23H33NO4/c1-5-9-20-12-13-21(22(15-25)27-20)28-24-14-18(4)23(17(2)3)26-16-19-10-7-6-8-11-19/h5-8,10-14,17-18,20-23,25H,1,9,15-16H2,2-4H3/b24-14+/t18-,20-,21+,22-,23-/m1/s1. The molecule has 0 radical (unpaired) electrons. The third-order valence-electron chi connectivity index (χ3n) is 4.75. The molecule has 0 aromatic heterocycles. The second kappa shape index (κ2) is 11.8. The number of aliphatic hydroxyl groups is 1. The summed E-state index contributed by atoms with van der Waals surface area (Å²) in [6, 6.07) is 10.1. The molecule has 0 fully saturated rings. The normalized spacial score (nSPS) is 24.4. The van der Waals surface area contributed by atoms with Crippen LogP contribution >= 0.6 is 0 Å². The van der Waals surface area contributed by atoms with Gasteiger partial charge in [0, 0.05) is 12.1 Å². The monoisotopic (exact) mass is 387 g/mol. The molecule has 1 aromatic rings. The zero-order valence-corrected chi connectivity index (χ0v) is 17.1. The molecule has 1 aromatic carbocycles. The summed E-state index contributed by atoms with van der Waals surface area (Å²) in [5.74, 6) is 0.422. The van der Waals surface area contributed by atoms with Crippen LogP contribution in [0.15, 0.2) is 60.3 Å². The van der Waals surface area contributed by atoms with E-state index < -0.39 is 12.2 Å². The van der Waals surface area contributed by atoms with Crippen LogP contribution < -0.4 is 0 Å². The molecule has 1 heterocycles. The maximum Gasteiger partial charge on any atom is 0.174 e. The highest BCUT2D eigenvalue weighted by atomic mass is 16.7. The van der Waals surface area contributed by atoms with E-state index in [1.54, 1.807) is 12.3 Å². The average Bonchev–Trinajstić information content (AvgIpc) is 2.69. The minimum absolute atomic E-state index is 0.0244. The fourth-order valence-electron chi connectivity index (χ4n) is 3.26. The number of oxime groups is 1. The van der Waals surface area contributed by atoms with Crippen molar-refractivity contribution < 1.29 is 19.4 Å². The van der Waals surface area contributed by atoms with Gasteiger partial charge in [-0.1, -0.05) is 68.4 Å². The molecule has 0 saturated heterocycles. The van der Waals surface area contributed by atoms with E-state index in [0.717, 1.165) is 5.56 Å². The Kier molecular flexibility index (Phi) is 9.41. The first-order valence-electron chi connectivity index (χ1n) is 9.95. The summed E-state index contributed by atoms with van der Waals surface area (Å²) in [5, 5.41) is 13.7. The lowest BCUT2D eigenvalue weighted by Crippen LogP contribution is -2.38. The molecule has 154 valence electrons. The first-order chi connectivity index (χ1) is 13.5. The van der Waals surface area contributed by atoms with Crippen molar-refractivity contribution in [1.29, 1.82) is 0 Å². The molecule has 0 unspecified atom stereocenters. The number of aliphatic hydroxyl groups excluding tert-OH is 1. The van der Waals surface area contributed by atoms with Gasteiger partial charge in [-0.25, -0.2) is 0 Å². The van der Waals surface area contributed by atoms with Crippen LogP contribution in [0.4, 0.5) is 0 Å². The Hall–Kier alpha value is -1.95. The zero-order valence-electron chi connectivity index (χ0n) is 17.1. The highest BCUT2D eigenvalue weighted by Crippen LogP contribution is 2.20. The van der Waals surface area contributed by atoms with Crippen molar-refractivity contribution in [1.82, 2.24) is 0 Å². The molecule has 28 heavy (non-hydrogen) atoms. The highest BCUT2D eigenvalue weighted by Gasteiger charge is 2.28. The first-order valence-corrected chi connectivity index (χ1v) is 9.95. The quantitative estimate of drug-likeness (QED) is 0.352. The molecule has 5 nitrogen and oxygen atoms in total. The molecule has 1 aliphatic rings. The van der Waals surface area contributed by atoms with Crippen molar-refractivity contribution in [3.05, 3.63) is 60.7 Å². The minimum Gasteiger partial charge on any atom is -0.394 e. The van der Waals surface area contributed by atoms with E-state index in [-0.39, 0.29) is 24.7 Å². The summed E-state index contributed by atoms with van der Waals surface area (Å²) in [5.41, 5.74) is 1.15. The fourth-order valence-corrected chi connectivity index (χ4v) is 3.26. The second-order valence-corrected chi connectivity index (χ2v) is 7.49. The number of hydrogen-bond donors (Lipinski definition) is 1. The molecule has 5 heteroatoms. The molecule has 0 spiro atoms. The van der Waals surface area contributed by atoms with Crippen molar-refractivity contribution in [2.75, 3.05) is 6.61 Å². The molecule has 0 amide bonds. The Labute approximate surface area is 168 Å². The molecule has 0 aliphatic carbocycles. The Bertz CT molecular complexity index is 629. The van der Waals surface area contributed by atoms with Crippen molar-refractivity contribution >= 4 is 6.21 Å². The number of benzene rings is 1. The van der Waals surface area contributed by atoms with E-state index in [2.05, 4.69) is 44.6 Å². The van der Waals surface area contributed by atoms with Gasteiger partial charge in [0.2, 0.25) is 0 Å². The zero-order chi connectivity index (χ0) is 20.4. The van der Waals surface area contributed by atoms with Crippen LogP contribution in [0.2, 0.25) is 0 Å². The molecule has 1 N–H and O–H groups in total. The molecule has 0 bridgehead atoms. The molecular formula is C23H33NO4. The van der Waals surface area contributed by atoms with E-state index in [4.69, 9.17) is 14.3 Å². The Balaban J connectivity index is 1.89. The number of hydrogen-bond acceptors (Lipinski definition) is 5. The van der Waals surface area contributed by atoms with Crippen LogP contribution in [-0.4, -0.2) is 42.3 Å². The Morgan fingerprint density at radius 2 is 1.96 bits per heavy atom. The SMILES string of the molecule is C=CC[C@@H]1C=C[C@H](O/N=C/[C@@H](C)[C@H](OCc2ccccc2)C(C)C)[C@@H](CO)O1. The third-order valence-corrected chi connectivity index (χ3v) is 4.75. The topological polar surface area (TPSA) is 60.3 Å². The summed E-state index contributed by atoms with van der Waals surface area (Å²) in [4.78, 5) is 5.59. The van der Waals surface area contributed by atoms with Gasteiger partial charge in [-0.05, 0) is 24.0 Å². The molecule has 5 atom stereocenters. The Morgan fingerprint density at radius 1 is 1.21 bits per heavy atom. The lowest BCUT2D eigenvalue weighted by molar-refractivity contribution is -0.100. The van der Waals surface area contributed by atoms with Gasteiger partial charge in [0.1, 0.15) is 6.10 Å². The first kappa shape index (κ1) is 22.3. The van der Waals surface area contributed by atoms with Gasteiger partial charge in [-0.3, -0.25) is 0 Å². The van der Waals surface area contributed by atoms with Gasteiger partial charge in [-0.15, -0.1) is 6.58 Å². The Morgan fingerprint density at radius 3 is 2.61 bits per heavy atom. The van der Waals surface area contributed by atoms with Crippen molar-refractivity contribution in [3.63, 3.8) is 0 Å². The van der Waals surface area contributed by atoms with Crippen molar-refractivity contribution in [2.24, 2.45) is 17.0 Å². The van der Waals surface area contributed by atoms with Crippen LogP contribution in [0.5, 0.6) is 0 Å². The smallest absolute Gasteiger partial charge is 0.174 e. The number of ether oxygens (including phenoxy) is 2. The van der Waals surface area contributed by atoms with E-state index in [1.807, 2.05) is 30.4 Å². The van der Waals surface area contributed by atoms with Gasteiger partial charge in [-0.2, -0.15) is 0 Å². The van der Waals surface area contributed by atoms with Crippen LogP contribution in [-0.2, 0) is 20.9 Å². The summed E-state index contributed by atoms with van der Waals surface area (Å²) in [6.45, 7) is 10.5. The summed E-state index contributed by atoms with van der Waals surface area (Å²) in [6.07, 6.45) is 7.21. The number of nitrogens with zero attached hydrogens (tertiary/aromatic N) is 1. The van der Waals surface area contributed by atoms with Crippen molar-refractivity contribution in [3.8, 4) is 0 Å². The number of rotatable bonds is 11. The fraction of sp³-hybridized carbons (Fsp3) is 0.522. The van der Waals surface area contributed by atoms with Gasteiger partial charge in [0.25, 0.3) is 0 Å². The van der Waals surface area contributed by atoms with E-state index in [9.17, 15) is 5.11 Å². The summed E-state index contributed by atoms with van der Waals surface area (Å²) < 4.78 is 11.9. The highest BCUT2D eigenvalue weighted by molar-refractivity contribution is 5.60. The molecular weight excluding hydrogens is 354 g/mol. The predicted molar refractivity (Wildman–Crippen MR) is 112 cm³/mol. The van der Waals surface area contributed by atoms with Gasteiger partial charge in [0.05, 0.1) is 25.4 Å². The van der Waals surface area contributed by atoms with E-state index >= 15 is 0 Å². The van der Waals surface area contributed by atoms with Crippen LogP contribution in [0.3, 0.4) is 0 Å².